The Labute approximate surface area is 268 Å². The molecule has 0 bridgehead atoms. The zero-order chi connectivity index (χ0) is 34.8. The molecule has 5 atom stereocenters. The minimum Gasteiger partial charge on any atom is -0.508 e. The Morgan fingerprint density at radius 2 is 1.22 bits per heavy atom. The lowest BCUT2D eigenvalue weighted by atomic mass is 10.0. The molecule has 5 amide bonds. The molecule has 1 aromatic carbocycles. The lowest BCUT2D eigenvalue weighted by molar-refractivity contribution is -0.143. The monoisotopic (exact) mass is 650 g/mol. The number of nitrogens with two attached hydrogens (primary N) is 4. The Morgan fingerprint density at radius 3 is 1.74 bits per heavy atom. The SMILES string of the molecule is CC(C)[C@H](NC(=O)[C@H](Cc1ccc(O)cc1)NC(=O)[C@H](CC(N)=O)NC(=O)[C@H](CCCCN)NC(=O)[C@@H](N)CCCCN)C(=O)O. The third-order valence-corrected chi connectivity index (χ3v) is 7.16. The first-order chi connectivity index (χ1) is 21.7. The van der Waals surface area contributed by atoms with Crippen molar-refractivity contribution in [1.29, 1.82) is 0 Å². The van der Waals surface area contributed by atoms with Crippen LogP contribution in [0.3, 0.4) is 0 Å². The molecule has 0 aliphatic carbocycles. The summed E-state index contributed by atoms with van der Waals surface area (Å²) < 4.78 is 0. The molecule has 0 heterocycles. The second-order valence-electron chi connectivity index (χ2n) is 11.5. The third-order valence-electron chi connectivity index (χ3n) is 7.16. The van der Waals surface area contributed by atoms with Crippen molar-refractivity contribution in [3.63, 3.8) is 0 Å². The van der Waals surface area contributed by atoms with E-state index in [0.29, 0.717) is 50.8 Å². The highest BCUT2D eigenvalue weighted by molar-refractivity contribution is 5.97. The Balaban J connectivity index is 3.24. The van der Waals surface area contributed by atoms with Crippen LogP contribution >= 0.6 is 0 Å². The van der Waals surface area contributed by atoms with Gasteiger partial charge in [0, 0.05) is 6.42 Å². The molecule has 0 aliphatic rings. The van der Waals surface area contributed by atoms with Crippen molar-refractivity contribution in [1.82, 2.24) is 21.3 Å². The minimum absolute atomic E-state index is 0.0339. The summed E-state index contributed by atoms with van der Waals surface area (Å²) in [6, 6.07) is -0.425. The summed E-state index contributed by atoms with van der Waals surface area (Å²) in [4.78, 5) is 76.5. The number of nitrogens with one attached hydrogen (secondary N) is 4. The summed E-state index contributed by atoms with van der Waals surface area (Å²) in [6.45, 7) is 3.98. The average Bonchev–Trinajstić information content (AvgIpc) is 2.98. The average molecular weight is 651 g/mol. The fourth-order valence-corrected chi connectivity index (χ4v) is 4.48. The van der Waals surface area contributed by atoms with Gasteiger partial charge in [0.25, 0.3) is 0 Å². The van der Waals surface area contributed by atoms with E-state index in [2.05, 4.69) is 21.3 Å². The summed E-state index contributed by atoms with van der Waals surface area (Å²) in [5.41, 5.74) is 22.9. The van der Waals surface area contributed by atoms with Crippen LogP contribution in [0.4, 0.5) is 0 Å². The van der Waals surface area contributed by atoms with Gasteiger partial charge >= 0.3 is 5.97 Å². The lowest BCUT2D eigenvalue weighted by Crippen LogP contribution is -2.59. The highest BCUT2D eigenvalue weighted by Crippen LogP contribution is 2.13. The molecule has 0 saturated heterocycles. The number of carboxylic acids is 1. The number of primary amides is 1. The van der Waals surface area contributed by atoms with Crippen LogP contribution in [0.25, 0.3) is 0 Å². The number of hydrogen-bond acceptors (Lipinski definition) is 10. The van der Waals surface area contributed by atoms with Crippen molar-refractivity contribution in [3.8, 4) is 5.75 Å². The van der Waals surface area contributed by atoms with Crippen LogP contribution in [0.1, 0.15) is 64.4 Å². The number of rotatable bonds is 22. The van der Waals surface area contributed by atoms with Crippen LogP contribution < -0.4 is 44.2 Å². The molecule has 0 saturated carbocycles. The van der Waals surface area contributed by atoms with Crippen molar-refractivity contribution in [3.05, 3.63) is 29.8 Å². The summed E-state index contributed by atoms with van der Waals surface area (Å²) in [5.74, 6) is -5.89. The number of benzene rings is 1. The maximum absolute atomic E-state index is 13.5. The number of aliphatic carboxylic acids is 1. The standard InChI is InChI=1S/C30H50N8O8/c1-17(2)25(30(45)46)38-29(44)22(15-18-9-11-19(39)12-10-18)36-28(43)23(16-24(34)40)37-27(42)21(8-4-6-14-32)35-26(41)20(33)7-3-5-13-31/h9-12,17,20-23,25,39H,3-8,13-16,31-33H2,1-2H3,(H2,34,40)(H,35,41)(H,36,43)(H,37,42)(H,38,44)(H,45,46)/t20-,21-,22-,23-,25-/m0/s1. The second kappa shape index (κ2) is 20.7. The van der Waals surface area contributed by atoms with Gasteiger partial charge in [0.2, 0.25) is 29.5 Å². The molecule has 0 unspecified atom stereocenters. The number of phenols is 1. The Kier molecular flexibility index (Phi) is 17.9. The topological polar surface area (TPSA) is 295 Å². The van der Waals surface area contributed by atoms with Gasteiger partial charge in [-0.2, -0.15) is 0 Å². The van der Waals surface area contributed by atoms with Crippen molar-refractivity contribution in [2.24, 2.45) is 28.9 Å². The van der Waals surface area contributed by atoms with Gasteiger partial charge in [0.05, 0.1) is 12.5 Å². The van der Waals surface area contributed by atoms with Crippen LogP contribution in [-0.2, 0) is 35.2 Å². The van der Waals surface area contributed by atoms with Gasteiger partial charge in [-0.05, 0) is 68.8 Å². The smallest absolute Gasteiger partial charge is 0.326 e. The fraction of sp³-hybridized carbons (Fsp3) is 0.600. The van der Waals surface area contributed by atoms with Crippen LogP contribution in [0.15, 0.2) is 24.3 Å². The van der Waals surface area contributed by atoms with E-state index in [9.17, 15) is 39.0 Å². The molecular weight excluding hydrogens is 600 g/mol. The first-order valence-electron chi connectivity index (χ1n) is 15.4. The van der Waals surface area contributed by atoms with Crippen molar-refractivity contribution in [2.45, 2.75) is 95.4 Å². The quantitative estimate of drug-likeness (QED) is 0.0617. The molecule has 0 radical (unpaired) electrons. The first-order valence-corrected chi connectivity index (χ1v) is 15.4. The molecule has 16 nitrogen and oxygen atoms in total. The molecule has 16 heteroatoms. The van der Waals surface area contributed by atoms with Gasteiger partial charge in [-0.15, -0.1) is 0 Å². The molecule has 0 fully saturated rings. The number of amides is 5. The van der Waals surface area contributed by atoms with Crippen molar-refractivity contribution >= 4 is 35.5 Å². The van der Waals surface area contributed by atoms with Crippen LogP contribution in [0.2, 0.25) is 0 Å². The summed E-state index contributed by atoms with van der Waals surface area (Å²) >= 11 is 0. The normalized spacial score (nSPS) is 14.3. The van der Waals surface area contributed by atoms with Gasteiger partial charge in [0.15, 0.2) is 0 Å². The Bertz CT molecular complexity index is 1160. The minimum atomic E-state index is -1.55. The van der Waals surface area contributed by atoms with Crippen molar-refractivity contribution < 1.29 is 39.0 Å². The molecular formula is C30H50N8O8. The summed E-state index contributed by atoms with van der Waals surface area (Å²) in [7, 11) is 0. The highest BCUT2D eigenvalue weighted by Gasteiger charge is 2.33. The predicted molar refractivity (Wildman–Crippen MR) is 170 cm³/mol. The lowest BCUT2D eigenvalue weighted by Gasteiger charge is -2.27. The van der Waals surface area contributed by atoms with E-state index in [1.165, 1.54) is 24.3 Å². The van der Waals surface area contributed by atoms with Crippen LogP contribution in [0, 0.1) is 5.92 Å². The Morgan fingerprint density at radius 1 is 0.717 bits per heavy atom. The van der Waals surface area contributed by atoms with Gasteiger partial charge in [0.1, 0.15) is 29.9 Å². The molecule has 1 rings (SSSR count). The molecule has 0 aliphatic heterocycles. The first kappa shape index (κ1) is 39.7. The maximum atomic E-state index is 13.5. The number of carboxylic acid groups (broad SMARTS) is 1. The van der Waals surface area contributed by atoms with E-state index in [1.807, 2.05) is 0 Å². The molecule has 0 spiro atoms. The fourth-order valence-electron chi connectivity index (χ4n) is 4.48. The number of carbonyl (C=O) groups excluding carboxylic acids is 5. The van der Waals surface area contributed by atoms with Gasteiger partial charge < -0.3 is 54.4 Å². The molecule has 0 aromatic heterocycles. The number of phenolic OH excluding ortho intramolecular Hbond substituents is 1. The number of unbranched alkanes of at least 4 members (excludes halogenated alkanes) is 2. The predicted octanol–water partition coefficient (Wildman–Crippen LogP) is -1.92. The summed E-state index contributed by atoms with van der Waals surface area (Å²) in [5, 5.41) is 29.2. The van der Waals surface area contributed by atoms with E-state index in [1.54, 1.807) is 13.8 Å². The third kappa shape index (κ3) is 14.7. The van der Waals surface area contributed by atoms with Crippen LogP contribution in [0.5, 0.6) is 5.75 Å². The van der Waals surface area contributed by atoms with Gasteiger partial charge in [-0.3, -0.25) is 24.0 Å². The molecule has 46 heavy (non-hydrogen) atoms. The number of carbonyl (C=O) groups is 6. The molecule has 1 aromatic rings. The number of aromatic hydroxyl groups is 1. The summed E-state index contributed by atoms with van der Waals surface area (Å²) in [6.07, 6.45) is 2.03. The van der Waals surface area contributed by atoms with Crippen LogP contribution in [-0.4, -0.2) is 89.0 Å². The van der Waals surface area contributed by atoms with Crippen molar-refractivity contribution in [2.75, 3.05) is 13.1 Å². The van der Waals surface area contributed by atoms with E-state index >= 15 is 0 Å². The second-order valence-corrected chi connectivity index (χ2v) is 11.5. The Hall–Kier alpha value is -4.28. The highest BCUT2D eigenvalue weighted by atomic mass is 16.4. The molecule has 14 N–H and O–H groups in total. The van der Waals surface area contributed by atoms with E-state index < -0.39 is 78.1 Å². The maximum Gasteiger partial charge on any atom is 0.326 e. The van der Waals surface area contributed by atoms with E-state index in [-0.39, 0.29) is 18.6 Å². The van der Waals surface area contributed by atoms with E-state index in [0.717, 1.165) is 0 Å². The van der Waals surface area contributed by atoms with Gasteiger partial charge in [-0.1, -0.05) is 32.4 Å². The van der Waals surface area contributed by atoms with Gasteiger partial charge in [-0.25, -0.2) is 4.79 Å². The zero-order valence-corrected chi connectivity index (χ0v) is 26.5. The molecule has 258 valence electrons. The number of hydrogen-bond donors (Lipinski definition) is 10. The zero-order valence-electron chi connectivity index (χ0n) is 26.5. The van der Waals surface area contributed by atoms with E-state index in [4.69, 9.17) is 22.9 Å². The largest absolute Gasteiger partial charge is 0.508 e.